The first-order valence-corrected chi connectivity index (χ1v) is 25.4. The van der Waals surface area contributed by atoms with Crippen LogP contribution in [0.5, 0.6) is 0 Å². The van der Waals surface area contributed by atoms with E-state index in [1.165, 1.54) is 206 Å². The Labute approximate surface area is 349 Å². The second kappa shape index (κ2) is 23.1. The number of benzene rings is 2. The number of anilines is 2. The molecule has 0 saturated heterocycles. The van der Waals surface area contributed by atoms with Crippen LogP contribution in [0.25, 0.3) is 23.2 Å². The minimum absolute atomic E-state index is 0.726. The van der Waals surface area contributed by atoms with E-state index in [0.29, 0.717) is 0 Å². The molecule has 0 amide bonds. The number of hydrogen-bond donors (Lipinski definition) is 0. The number of thiophene rings is 2. The molecule has 306 valence electrons. The van der Waals surface area contributed by atoms with E-state index < -0.39 is 0 Å². The second-order valence-corrected chi connectivity index (χ2v) is 19.4. The van der Waals surface area contributed by atoms with Crippen LogP contribution in [0.2, 0.25) is 0 Å². The summed E-state index contributed by atoms with van der Waals surface area (Å²) in [5.41, 5.74) is 2.92. The van der Waals surface area contributed by atoms with Gasteiger partial charge in [0.1, 0.15) is 0 Å². The van der Waals surface area contributed by atoms with Gasteiger partial charge in [0.25, 0.3) is 0 Å². The molecule has 0 N–H and O–H groups in total. The summed E-state index contributed by atoms with van der Waals surface area (Å²) in [7, 11) is 0. The van der Waals surface area contributed by atoms with Gasteiger partial charge in [0.2, 0.25) is 0 Å². The Morgan fingerprint density at radius 2 is 0.750 bits per heavy atom. The van der Waals surface area contributed by atoms with E-state index in [9.17, 15) is 0 Å². The molecule has 0 saturated carbocycles. The fraction of sp³-hybridized carbons (Fsp3) is 0.615. The van der Waals surface area contributed by atoms with Crippen LogP contribution in [0.4, 0.5) is 11.4 Å². The van der Waals surface area contributed by atoms with Crippen molar-refractivity contribution < 1.29 is 0 Å². The fourth-order valence-corrected chi connectivity index (χ4v) is 11.5. The molecule has 2 aliphatic heterocycles. The Hall–Kier alpha value is -2.56. The SMILES string of the molecule is CCCCCCCCC(CCCCCC)CN1C=c2ccsc2=c2ccc3c4c(ccc3c21)=c1sccc1=CN4CC(CCCCCC)CCCCCCCC. The fourth-order valence-electron chi connectivity index (χ4n) is 9.75. The Morgan fingerprint density at radius 3 is 1.12 bits per heavy atom. The van der Waals surface area contributed by atoms with Crippen LogP contribution in [0.15, 0.2) is 47.2 Å². The lowest BCUT2D eigenvalue weighted by Gasteiger charge is -2.32. The molecule has 6 rings (SSSR count). The number of nitrogens with zero attached hydrogens (tertiary/aromatic N) is 2. The molecule has 56 heavy (non-hydrogen) atoms. The molecule has 0 fully saturated rings. The first-order chi connectivity index (χ1) is 27.7. The predicted molar refractivity (Wildman–Crippen MR) is 251 cm³/mol. The van der Waals surface area contributed by atoms with Crippen molar-refractivity contribution in [3.05, 3.63) is 77.1 Å². The van der Waals surface area contributed by atoms with Crippen molar-refractivity contribution in [1.82, 2.24) is 0 Å². The standard InChI is InChI=1S/C52H76N2S2/c1-5-9-13-17-19-23-27-41(25-21-15-11-7-3)37-53-39-43-33-35-55-51(43)47-31-30-46-45(49(47)53)29-32-48-50(46)54(40-44-34-36-56-52(44)48)38-42(26-22-16-12-8-4)28-24-20-18-14-10-6-2/h29-36,39-42H,5-28,37-38H2,1-4H3. The molecule has 4 heteroatoms. The molecule has 2 aliphatic rings. The number of hydrogen-bond acceptors (Lipinski definition) is 4. The van der Waals surface area contributed by atoms with E-state index in [1.54, 1.807) is 0 Å². The van der Waals surface area contributed by atoms with Gasteiger partial charge in [-0.05, 0) is 60.4 Å². The number of rotatable bonds is 28. The zero-order valence-corrected chi connectivity index (χ0v) is 37.7. The monoisotopic (exact) mass is 793 g/mol. The number of fused-ring (bicyclic) bond motifs is 7. The average molecular weight is 793 g/mol. The summed E-state index contributed by atoms with van der Waals surface area (Å²) in [6.07, 6.45) is 37.9. The molecular weight excluding hydrogens is 717 g/mol. The molecule has 2 aromatic heterocycles. The topological polar surface area (TPSA) is 6.48 Å². The van der Waals surface area contributed by atoms with E-state index >= 15 is 0 Å². The van der Waals surface area contributed by atoms with Crippen molar-refractivity contribution in [3.63, 3.8) is 0 Å². The third-order valence-electron chi connectivity index (χ3n) is 13.0. The molecule has 4 heterocycles. The summed E-state index contributed by atoms with van der Waals surface area (Å²) >= 11 is 3.84. The molecule has 0 aliphatic carbocycles. The molecule has 0 bridgehead atoms. The van der Waals surface area contributed by atoms with Gasteiger partial charge in [0.15, 0.2) is 0 Å². The van der Waals surface area contributed by atoms with Crippen LogP contribution in [0, 0.1) is 31.3 Å². The van der Waals surface area contributed by atoms with Gasteiger partial charge < -0.3 is 9.80 Å². The van der Waals surface area contributed by atoms with Crippen LogP contribution in [0.1, 0.15) is 182 Å². The first kappa shape index (κ1) is 43.0. The van der Waals surface area contributed by atoms with Crippen molar-refractivity contribution in [2.75, 3.05) is 22.9 Å². The summed E-state index contributed by atoms with van der Waals surface area (Å²) in [6.45, 7) is 11.6. The molecule has 0 radical (unpaired) electrons. The van der Waals surface area contributed by atoms with Gasteiger partial charge in [-0.3, -0.25) is 0 Å². The van der Waals surface area contributed by atoms with Gasteiger partial charge in [-0.2, -0.15) is 0 Å². The summed E-state index contributed by atoms with van der Waals surface area (Å²) in [5.74, 6) is 1.45. The van der Waals surface area contributed by atoms with Crippen LogP contribution in [0.3, 0.4) is 0 Å². The zero-order chi connectivity index (χ0) is 39.0. The Kier molecular flexibility index (Phi) is 17.8. The minimum atomic E-state index is 0.726. The van der Waals surface area contributed by atoms with Crippen molar-refractivity contribution in [3.8, 4) is 0 Å². The Morgan fingerprint density at radius 1 is 0.411 bits per heavy atom. The lowest BCUT2D eigenvalue weighted by Crippen LogP contribution is -2.30. The van der Waals surface area contributed by atoms with E-state index in [2.05, 4.69) is 97.1 Å². The van der Waals surface area contributed by atoms with Crippen molar-refractivity contribution in [2.24, 2.45) is 11.8 Å². The van der Waals surface area contributed by atoms with Gasteiger partial charge in [-0.15, -0.1) is 22.7 Å². The third-order valence-corrected chi connectivity index (χ3v) is 14.9. The highest BCUT2D eigenvalue weighted by molar-refractivity contribution is 7.08. The first-order valence-electron chi connectivity index (χ1n) is 23.6. The van der Waals surface area contributed by atoms with Gasteiger partial charge >= 0.3 is 0 Å². The normalized spacial score (nSPS) is 14.2. The molecule has 4 aromatic rings. The van der Waals surface area contributed by atoms with E-state index in [1.807, 2.05) is 22.7 Å². The van der Waals surface area contributed by atoms with Gasteiger partial charge in [0, 0.05) is 66.2 Å². The van der Waals surface area contributed by atoms with Crippen LogP contribution >= 0.6 is 22.7 Å². The van der Waals surface area contributed by atoms with E-state index in [0.717, 1.165) is 24.9 Å². The van der Waals surface area contributed by atoms with Gasteiger partial charge in [-0.25, -0.2) is 0 Å². The number of unbranched alkanes of at least 4 members (excludes halogenated alkanes) is 16. The smallest absolute Gasteiger partial charge is 0.0575 e. The molecule has 2 aromatic carbocycles. The lowest BCUT2D eigenvalue weighted by atomic mass is 9.92. The molecular formula is C52H76N2S2. The maximum absolute atomic E-state index is 2.73. The van der Waals surface area contributed by atoms with Gasteiger partial charge in [-0.1, -0.05) is 180 Å². The molecule has 2 unspecified atom stereocenters. The maximum Gasteiger partial charge on any atom is 0.0575 e. The van der Waals surface area contributed by atoms with Crippen molar-refractivity contribution >= 4 is 57.2 Å². The average Bonchev–Trinajstić information content (AvgIpc) is 3.90. The Balaban J connectivity index is 1.35. The summed E-state index contributed by atoms with van der Waals surface area (Å²) in [5, 5.41) is 13.2. The van der Waals surface area contributed by atoms with Crippen molar-refractivity contribution in [2.45, 2.75) is 182 Å². The van der Waals surface area contributed by atoms with E-state index in [-0.39, 0.29) is 0 Å². The largest absolute Gasteiger partial charge is 0.346 e. The Bertz CT molecular complexity index is 1930. The molecule has 2 nitrogen and oxygen atoms in total. The molecule has 0 spiro atoms. The summed E-state index contributed by atoms with van der Waals surface area (Å²) in [4.78, 5) is 5.45. The molecule has 2 atom stereocenters. The van der Waals surface area contributed by atoms with E-state index in [4.69, 9.17) is 0 Å². The quantitative estimate of drug-likeness (QED) is 0.0529. The predicted octanol–water partition coefficient (Wildman–Crippen LogP) is 15.3. The summed E-state index contributed by atoms with van der Waals surface area (Å²) < 4.78 is 2.89. The van der Waals surface area contributed by atoms with Crippen molar-refractivity contribution in [1.29, 1.82) is 0 Å². The third kappa shape index (κ3) is 11.3. The highest BCUT2D eigenvalue weighted by Gasteiger charge is 2.24. The zero-order valence-electron chi connectivity index (χ0n) is 36.0. The van der Waals surface area contributed by atoms with Crippen LogP contribution in [-0.2, 0) is 0 Å². The van der Waals surface area contributed by atoms with Crippen LogP contribution < -0.4 is 20.2 Å². The minimum Gasteiger partial charge on any atom is -0.346 e. The second-order valence-electron chi connectivity index (χ2n) is 17.5. The maximum atomic E-state index is 2.73. The lowest BCUT2D eigenvalue weighted by molar-refractivity contribution is 0.411. The van der Waals surface area contributed by atoms with Gasteiger partial charge in [0.05, 0.1) is 11.4 Å². The highest BCUT2D eigenvalue weighted by Crippen LogP contribution is 2.40. The van der Waals surface area contributed by atoms with Crippen LogP contribution in [-0.4, -0.2) is 13.1 Å². The highest BCUT2D eigenvalue weighted by atomic mass is 32.1. The summed E-state index contributed by atoms with van der Waals surface area (Å²) in [6, 6.07) is 14.7.